The van der Waals surface area contributed by atoms with Gasteiger partial charge in [-0.05, 0) is 24.5 Å². The molecule has 0 aromatic heterocycles. The van der Waals surface area contributed by atoms with Crippen molar-refractivity contribution in [2.45, 2.75) is 13.3 Å². The summed E-state index contributed by atoms with van der Waals surface area (Å²) in [5, 5.41) is 8.68. The molecular formula is C13H14O2. The van der Waals surface area contributed by atoms with Crippen LogP contribution in [0.25, 0.3) is 6.08 Å². The number of aliphatic carboxylic acids is 1. The number of benzene rings is 1. The Bertz CT molecular complexity index is 403. The van der Waals surface area contributed by atoms with Gasteiger partial charge in [0.15, 0.2) is 0 Å². The normalized spacial score (nSPS) is 11.1. The fourth-order valence-electron chi connectivity index (χ4n) is 1.21. The molecule has 1 aromatic rings. The lowest BCUT2D eigenvalue weighted by atomic mass is 10.1. The number of hydrogen-bond donors (Lipinski definition) is 1. The summed E-state index contributed by atoms with van der Waals surface area (Å²) in [6.07, 6.45) is 4.13. The standard InChI is InChI=1S/C13H14O2/c1-3-11-5-4-6-12(9-11)8-7-10(2)13(14)15/h3-7,9H,1,8H2,2H3,(H,14,15). The molecule has 0 saturated carbocycles. The van der Waals surface area contributed by atoms with Crippen LogP contribution in [0.1, 0.15) is 18.1 Å². The van der Waals surface area contributed by atoms with Gasteiger partial charge in [0.05, 0.1) is 0 Å². The van der Waals surface area contributed by atoms with E-state index in [1.165, 1.54) is 0 Å². The van der Waals surface area contributed by atoms with Gasteiger partial charge in [-0.3, -0.25) is 0 Å². The van der Waals surface area contributed by atoms with Gasteiger partial charge in [-0.1, -0.05) is 43.0 Å². The van der Waals surface area contributed by atoms with Crippen molar-refractivity contribution in [2.24, 2.45) is 0 Å². The molecule has 1 aromatic carbocycles. The van der Waals surface area contributed by atoms with E-state index >= 15 is 0 Å². The predicted molar refractivity (Wildman–Crippen MR) is 61.6 cm³/mol. The second-order valence-corrected chi connectivity index (χ2v) is 3.35. The molecule has 0 amide bonds. The Kier molecular flexibility index (Phi) is 3.86. The topological polar surface area (TPSA) is 37.3 Å². The Morgan fingerprint density at radius 3 is 2.87 bits per heavy atom. The van der Waals surface area contributed by atoms with E-state index < -0.39 is 5.97 Å². The van der Waals surface area contributed by atoms with Crippen molar-refractivity contribution >= 4 is 12.0 Å². The zero-order valence-electron chi connectivity index (χ0n) is 8.73. The number of hydrogen-bond acceptors (Lipinski definition) is 1. The summed E-state index contributed by atoms with van der Waals surface area (Å²) in [6.45, 7) is 5.28. The largest absolute Gasteiger partial charge is 0.478 e. The van der Waals surface area contributed by atoms with E-state index in [4.69, 9.17) is 5.11 Å². The highest BCUT2D eigenvalue weighted by atomic mass is 16.4. The molecule has 1 N–H and O–H groups in total. The fourth-order valence-corrected chi connectivity index (χ4v) is 1.21. The molecule has 0 heterocycles. The lowest BCUT2D eigenvalue weighted by molar-refractivity contribution is -0.132. The maximum atomic E-state index is 10.6. The van der Waals surface area contributed by atoms with E-state index in [2.05, 4.69) is 6.58 Å². The van der Waals surface area contributed by atoms with Gasteiger partial charge in [0, 0.05) is 5.57 Å². The molecule has 0 unspecified atom stereocenters. The molecule has 15 heavy (non-hydrogen) atoms. The van der Waals surface area contributed by atoms with Crippen LogP contribution in [-0.2, 0) is 11.2 Å². The van der Waals surface area contributed by atoms with E-state index in [-0.39, 0.29) is 0 Å². The highest BCUT2D eigenvalue weighted by molar-refractivity contribution is 5.85. The minimum absolute atomic E-state index is 0.374. The Morgan fingerprint density at radius 1 is 1.53 bits per heavy atom. The fraction of sp³-hybridized carbons (Fsp3) is 0.154. The van der Waals surface area contributed by atoms with Crippen LogP contribution in [0, 0.1) is 0 Å². The van der Waals surface area contributed by atoms with Gasteiger partial charge < -0.3 is 5.11 Å². The molecule has 2 heteroatoms. The van der Waals surface area contributed by atoms with Crippen molar-refractivity contribution in [2.75, 3.05) is 0 Å². The zero-order chi connectivity index (χ0) is 11.3. The SMILES string of the molecule is C=Cc1cccc(CC=C(C)C(=O)O)c1. The molecule has 0 radical (unpaired) electrons. The van der Waals surface area contributed by atoms with Crippen molar-refractivity contribution in [3.05, 3.63) is 53.6 Å². The Morgan fingerprint density at radius 2 is 2.27 bits per heavy atom. The van der Waals surface area contributed by atoms with Gasteiger partial charge in [0.1, 0.15) is 0 Å². The first-order chi connectivity index (χ1) is 7.13. The smallest absolute Gasteiger partial charge is 0.330 e. The molecule has 0 aliphatic heterocycles. The van der Waals surface area contributed by atoms with E-state index in [0.717, 1.165) is 11.1 Å². The number of carbonyl (C=O) groups is 1. The van der Waals surface area contributed by atoms with E-state index in [1.807, 2.05) is 24.3 Å². The van der Waals surface area contributed by atoms with Crippen LogP contribution in [0.15, 0.2) is 42.5 Å². The van der Waals surface area contributed by atoms with Crippen molar-refractivity contribution < 1.29 is 9.90 Å². The minimum Gasteiger partial charge on any atom is -0.478 e. The molecule has 0 atom stereocenters. The molecule has 2 nitrogen and oxygen atoms in total. The molecule has 0 fully saturated rings. The van der Waals surface area contributed by atoms with E-state index in [1.54, 1.807) is 19.1 Å². The summed E-state index contributed by atoms with van der Waals surface area (Å²) in [5.41, 5.74) is 2.51. The summed E-state index contributed by atoms with van der Waals surface area (Å²) < 4.78 is 0. The van der Waals surface area contributed by atoms with Gasteiger partial charge in [0.25, 0.3) is 0 Å². The maximum absolute atomic E-state index is 10.6. The lowest BCUT2D eigenvalue weighted by Gasteiger charge is -1.99. The third-order valence-electron chi connectivity index (χ3n) is 2.17. The molecule has 78 valence electrons. The van der Waals surface area contributed by atoms with Crippen molar-refractivity contribution in [1.82, 2.24) is 0 Å². The van der Waals surface area contributed by atoms with Gasteiger partial charge in [0.2, 0.25) is 0 Å². The number of carboxylic acid groups (broad SMARTS) is 1. The predicted octanol–water partition coefficient (Wildman–Crippen LogP) is 2.90. The van der Waals surface area contributed by atoms with Crippen LogP contribution in [0.3, 0.4) is 0 Å². The minimum atomic E-state index is -0.866. The summed E-state index contributed by atoms with van der Waals surface area (Å²) in [7, 11) is 0. The zero-order valence-corrected chi connectivity index (χ0v) is 8.73. The third-order valence-corrected chi connectivity index (χ3v) is 2.17. The number of carboxylic acids is 1. The highest BCUT2D eigenvalue weighted by Crippen LogP contribution is 2.08. The van der Waals surface area contributed by atoms with Gasteiger partial charge in [-0.25, -0.2) is 4.79 Å². The second-order valence-electron chi connectivity index (χ2n) is 3.35. The number of allylic oxidation sites excluding steroid dienone is 1. The average molecular weight is 202 g/mol. The van der Waals surface area contributed by atoms with E-state index in [0.29, 0.717) is 12.0 Å². The molecule has 0 spiro atoms. The summed E-state index contributed by atoms with van der Waals surface area (Å²) in [4.78, 5) is 10.6. The first-order valence-electron chi connectivity index (χ1n) is 4.75. The van der Waals surface area contributed by atoms with Gasteiger partial charge in [-0.2, -0.15) is 0 Å². The Balaban J connectivity index is 2.77. The first kappa shape index (κ1) is 11.2. The Hall–Kier alpha value is -1.83. The molecule has 0 saturated heterocycles. The maximum Gasteiger partial charge on any atom is 0.330 e. The molecule has 1 rings (SSSR count). The van der Waals surface area contributed by atoms with Gasteiger partial charge >= 0.3 is 5.97 Å². The van der Waals surface area contributed by atoms with Crippen LogP contribution in [0.2, 0.25) is 0 Å². The first-order valence-corrected chi connectivity index (χ1v) is 4.75. The van der Waals surface area contributed by atoms with Crippen LogP contribution < -0.4 is 0 Å². The lowest BCUT2D eigenvalue weighted by Crippen LogP contribution is -1.96. The average Bonchev–Trinajstić information content (AvgIpc) is 2.26. The third kappa shape index (κ3) is 3.43. The summed E-state index contributed by atoms with van der Waals surface area (Å²) in [6, 6.07) is 7.87. The number of rotatable bonds is 4. The molecule has 0 aliphatic rings. The van der Waals surface area contributed by atoms with Crippen molar-refractivity contribution in [1.29, 1.82) is 0 Å². The van der Waals surface area contributed by atoms with Gasteiger partial charge in [-0.15, -0.1) is 0 Å². The highest BCUT2D eigenvalue weighted by Gasteiger charge is 1.98. The van der Waals surface area contributed by atoms with Crippen molar-refractivity contribution in [3.8, 4) is 0 Å². The quantitative estimate of drug-likeness (QED) is 0.762. The Labute approximate surface area is 89.6 Å². The molecule has 0 bridgehead atoms. The second kappa shape index (κ2) is 5.15. The summed E-state index contributed by atoms with van der Waals surface area (Å²) in [5.74, 6) is -0.866. The monoisotopic (exact) mass is 202 g/mol. The molecule has 0 aliphatic carbocycles. The van der Waals surface area contributed by atoms with Crippen LogP contribution >= 0.6 is 0 Å². The summed E-state index contributed by atoms with van der Waals surface area (Å²) >= 11 is 0. The van der Waals surface area contributed by atoms with Crippen LogP contribution in [0.4, 0.5) is 0 Å². The van der Waals surface area contributed by atoms with Crippen LogP contribution in [-0.4, -0.2) is 11.1 Å². The van der Waals surface area contributed by atoms with Crippen LogP contribution in [0.5, 0.6) is 0 Å². The molecular weight excluding hydrogens is 188 g/mol. The van der Waals surface area contributed by atoms with Crippen molar-refractivity contribution in [3.63, 3.8) is 0 Å². The van der Waals surface area contributed by atoms with E-state index in [9.17, 15) is 4.79 Å².